The average Bonchev–Trinajstić information content (AvgIpc) is 2.40. The number of hydrogen-bond acceptors (Lipinski definition) is 6. The smallest absolute Gasteiger partial charge is 0.232 e. The van der Waals surface area contributed by atoms with Crippen LogP contribution in [0.2, 0.25) is 5.28 Å². The van der Waals surface area contributed by atoms with Crippen LogP contribution in [0.1, 0.15) is 19.4 Å². The van der Waals surface area contributed by atoms with Gasteiger partial charge in [0, 0.05) is 5.41 Å². The number of carbonyl (C=O) groups excluding carboxylic acids is 1. The first kappa shape index (κ1) is 13.7. The van der Waals surface area contributed by atoms with Gasteiger partial charge in [0.05, 0.1) is 0 Å². The number of hydrogen-bond donors (Lipinski definition) is 2. The molecule has 8 heteroatoms. The number of aromatic nitrogens is 4. The van der Waals surface area contributed by atoms with Crippen molar-refractivity contribution < 1.29 is 4.79 Å². The summed E-state index contributed by atoms with van der Waals surface area (Å²) in [5.41, 5.74) is 0.574. The molecule has 0 unspecified atom stereocenters. The molecule has 0 bridgehead atoms. The lowest BCUT2D eigenvalue weighted by atomic mass is 9.82. The van der Waals surface area contributed by atoms with Crippen molar-refractivity contribution in [3.05, 3.63) is 29.3 Å². The van der Waals surface area contributed by atoms with Crippen molar-refractivity contribution in [3.63, 3.8) is 0 Å². The topological polar surface area (TPSA) is 92.7 Å². The van der Waals surface area contributed by atoms with Gasteiger partial charge in [0.15, 0.2) is 0 Å². The highest BCUT2D eigenvalue weighted by Crippen LogP contribution is 2.32. The van der Waals surface area contributed by atoms with Gasteiger partial charge in [-0.3, -0.25) is 4.79 Å². The molecule has 1 aliphatic heterocycles. The third-order valence-electron chi connectivity index (χ3n) is 3.24. The molecule has 1 aliphatic rings. The van der Waals surface area contributed by atoms with E-state index in [1.165, 1.54) is 6.33 Å². The molecule has 0 saturated carbocycles. The molecule has 3 heterocycles. The maximum absolute atomic E-state index is 12.0. The van der Waals surface area contributed by atoms with Crippen molar-refractivity contribution in [2.75, 3.05) is 10.6 Å². The first-order chi connectivity index (χ1) is 9.94. The summed E-state index contributed by atoms with van der Waals surface area (Å²) in [5, 5.41) is 5.84. The number of nitrogens with one attached hydrogen (secondary N) is 2. The third-order valence-corrected chi connectivity index (χ3v) is 3.42. The van der Waals surface area contributed by atoms with Crippen LogP contribution < -0.4 is 10.6 Å². The first-order valence-corrected chi connectivity index (χ1v) is 6.75. The summed E-state index contributed by atoms with van der Waals surface area (Å²) in [4.78, 5) is 27.9. The van der Waals surface area contributed by atoms with Crippen molar-refractivity contribution in [3.8, 4) is 0 Å². The fraction of sp³-hybridized carbons (Fsp3) is 0.308. The number of amides is 1. The molecule has 0 aliphatic carbocycles. The maximum atomic E-state index is 12.0. The highest BCUT2D eigenvalue weighted by atomic mass is 35.5. The summed E-state index contributed by atoms with van der Waals surface area (Å²) in [6, 6.07) is 3.73. The highest BCUT2D eigenvalue weighted by molar-refractivity contribution is 6.28. The summed E-state index contributed by atoms with van der Waals surface area (Å²) >= 11 is 5.70. The Morgan fingerprint density at radius 2 is 2.10 bits per heavy atom. The largest absolute Gasteiger partial charge is 0.310 e. The van der Waals surface area contributed by atoms with E-state index >= 15 is 0 Å². The molecule has 1 amide bonds. The number of nitrogens with zero attached hydrogens (tertiary/aromatic N) is 4. The predicted octanol–water partition coefficient (Wildman–Crippen LogP) is 2.18. The Labute approximate surface area is 126 Å². The average molecular weight is 305 g/mol. The Morgan fingerprint density at radius 3 is 2.86 bits per heavy atom. The quantitative estimate of drug-likeness (QED) is 0.883. The van der Waals surface area contributed by atoms with Gasteiger partial charge in [0.2, 0.25) is 17.1 Å². The van der Waals surface area contributed by atoms with Gasteiger partial charge in [-0.1, -0.05) is 19.9 Å². The zero-order chi connectivity index (χ0) is 15.0. The van der Waals surface area contributed by atoms with Gasteiger partial charge < -0.3 is 10.6 Å². The van der Waals surface area contributed by atoms with Gasteiger partial charge in [-0.15, -0.1) is 0 Å². The van der Waals surface area contributed by atoms with Crippen LogP contribution in [0.4, 0.5) is 17.6 Å². The predicted molar refractivity (Wildman–Crippen MR) is 78.5 cm³/mol. The molecular weight excluding hydrogens is 292 g/mol. The SMILES string of the molecule is CC1(C)Cc2ccc(Nc3ncnc(Cl)n3)nc2NC1=O. The second-order valence-electron chi connectivity index (χ2n) is 5.42. The zero-order valence-corrected chi connectivity index (χ0v) is 12.3. The van der Waals surface area contributed by atoms with Gasteiger partial charge in [-0.25, -0.2) is 15.0 Å². The summed E-state index contributed by atoms with van der Waals surface area (Å²) in [6.07, 6.45) is 1.96. The second-order valence-corrected chi connectivity index (χ2v) is 5.76. The summed E-state index contributed by atoms with van der Waals surface area (Å²) in [6.45, 7) is 3.81. The Balaban J connectivity index is 1.87. The minimum Gasteiger partial charge on any atom is -0.310 e. The van der Waals surface area contributed by atoms with Gasteiger partial charge >= 0.3 is 0 Å². The number of pyridine rings is 1. The molecule has 0 atom stereocenters. The maximum Gasteiger partial charge on any atom is 0.232 e. The lowest BCUT2D eigenvalue weighted by Crippen LogP contribution is -2.37. The van der Waals surface area contributed by atoms with Crippen molar-refractivity contribution in [1.29, 1.82) is 0 Å². The number of rotatable bonds is 2. The van der Waals surface area contributed by atoms with E-state index in [4.69, 9.17) is 11.6 Å². The van der Waals surface area contributed by atoms with Crippen molar-refractivity contribution >= 4 is 35.1 Å². The van der Waals surface area contributed by atoms with Crippen molar-refractivity contribution in [2.24, 2.45) is 5.41 Å². The fourth-order valence-electron chi connectivity index (χ4n) is 2.09. The van der Waals surface area contributed by atoms with E-state index in [-0.39, 0.29) is 11.2 Å². The molecule has 0 saturated heterocycles. The number of carbonyl (C=O) groups is 1. The Morgan fingerprint density at radius 1 is 1.29 bits per heavy atom. The van der Waals surface area contributed by atoms with Crippen LogP contribution in [0.25, 0.3) is 0 Å². The standard InChI is InChI=1S/C13H13ClN6O/c1-13(2)5-7-3-4-8(17-9(7)19-10(13)21)18-12-16-6-15-11(14)20-12/h3-4,6H,5H2,1-2H3,(H2,15,16,17,18,19,20,21). The van der Waals surface area contributed by atoms with Crippen LogP contribution in [0.5, 0.6) is 0 Å². The van der Waals surface area contributed by atoms with Crippen LogP contribution in [-0.4, -0.2) is 25.8 Å². The molecule has 0 fully saturated rings. The van der Waals surface area contributed by atoms with E-state index < -0.39 is 5.41 Å². The number of fused-ring (bicyclic) bond motifs is 1. The number of anilines is 3. The summed E-state index contributed by atoms with van der Waals surface area (Å²) in [7, 11) is 0. The van der Waals surface area contributed by atoms with Crippen molar-refractivity contribution in [2.45, 2.75) is 20.3 Å². The second kappa shape index (κ2) is 4.92. The van der Waals surface area contributed by atoms with E-state index in [0.717, 1.165) is 5.56 Å². The Hall–Kier alpha value is -2.28. The Kier molecular flexibility index (Phi) is 3.21. The van der Waals surface area contributed by atoms with Crippen molar-refractivity contribution in [1.82, 2.24) is 19.9 Å². The minimum atomic E-state index is -0.425. The van der Waals surface area contributed by atoms with Gasteiger partial charge in [0.1, 0.15) is 18.0 Å². The third kappa shape index (κ3) is 2.78. The molecule has 2 aromatic heterocycles. The first-order valence-electron chi connectivity index (χ1n) is 6.37. The lowest BCUT2D eigenvalue weighted by molar-refractivity contribution is -0.124. The molecule has 0 aromatic carbocycles. The van der Waals surface area contributed by atoms with E-state index in [1.54, 1.807) is 0 Å². The summed E-state index contributed by atoms with van der Waals surface area (Å²) < 4.78 is 0. The molecule has 0 spiro atoms. The molecular formula is C13H13ClN6O. The highest BCUT2D eigenvalue weighted by Gasteiger charge is 2.34. The molecule has 108 valence electrons. The molecule has 21 heavy (non-hydrogen) atoms. The van der Waals surface area contributed by atoms with E-state index in [0.29, 0.717) is 24.0 Å². The fourth-order valence-corrected chi connectivity index (χ4v) is 2.22. The molecule has 7 nitrogen and oxygen atoms in total. The molecule has 0 radical (unpaired) electrons. The molecule has 2 N–H and O–H groups in total. The van der Waals surface area contributed by atoms with Crippen LogP contribution in [0.15, 0.2) is 18.5 Å². The monoisotopic (exact) mass is 304 g/mol. The van der Waals surface area contributed by atoms with Gasteiger partial charge in [-0.05, 0) is 29.7 Å². The van der Waals surface area contributed by atoms with E-state index in [9.17, 15) is 4.79 Å². The van der Waals surface area contributed by atoms with Crippen LogP contribution in [0, 0.1) is 5.41 Å². The minimum absolute atomic E-state index is 0.0390. The van der Waals surface area contributed by atoms with Crippen LogP contribution >= 0.6 is 11.6 Å². The lowest BCUT2D eigenvalue weighted by Gasteiger charge is -2.29. The molecule has 3 rings (SSSR count). The Bertz CT molecular complexity index is 718. The van der Waals surface area contributed by atoms with E-state index in [2.05, 4.69) is 30.6 Å². The number of halogens is 1. The van der Waals surface area contributed by atoms with Crippen LogP contribution in [0.3, 0.4) is 0 Å². The van der Waals surface area contributed by atoms with Gasteiger partial charge in [0.25, 0.3) is 0 Å². The molecule has 2 aromatic rings. The summed E-state index contributed by atoms with van der Waals surface area (Å²) in [5.74, 6) is 1.34. The normalized spacial score (nSPS) is 16.0. The van der Waals surface area contributed by atoms with Gasteiger partial charge in [-0.2, -0.15) is 4.98 Å². The zero-order valence-electron chi connectivity index (χ0n) is 11.5. The van der Waals surface area contributed by atoms with E-state index in [1.807, 2.05) is 26.0 Å². The van der Waals surface area contributed by atoms with Crippen LogP contribution in [-0.2, 0) is 11.2 Å².